The first-order valence-corrected chi connectivity index (χ1v) is 13.8. The van der Waals surface area contributed by atoms with E-state index in [9.17, 15) is 18.0 Å². The zero-order valence-corrected chi connectivity index (χ0v) is 21.3. The average Bonchev–Trinajstić information content (AvgIpc) is 3.10. The third kappa shape index (κ3) is 6.44. The van der Waals surface area contributed by atoms with Crippen molar-refractivity contribution < 1.29 is 22.7 Å². The molecule has 0 amide bonds. The zero-order valence-electron chi connectivity index (χ0n) is 20.5. The summed E-state index contributed by atoms with van der Waals surface area (Å²) in [5.41, 5.74) is 1.41. The number of nitrogens with one attached hydrogen (secondary N) is 1. The minimum Gasteiger partial charge on any atom is -0.492 e. The van der Waals surface area contributed by atoms with E-state index in [1.165, 1.54) is 12.2 Å². The van der Waals surface area contributed by atoms with Gasteiger partial charge in [0.05, 0.1) is 11.5 Å². The normalized spacial score (nSPS) is 17.9. The molecule has 0 bridgehead atoms. The maximum Gasteiger partial charge on any atom is 0.241 e. The Morgan fingerprint density at radius 2 is 1.78 bits per heavy atom. The smallest absolute Gasteiger partial charge is 0.241 e. The molecule has 0 saturated carbocycles. The van der Waals surface area contributed by atoms with Gasteiger partial charge in [0.25, 0.3) is 0 Å². The number of pyridine rings is 1. The second-order valence-corrected chi connectivity index (χ2v) is 10.6. The molecule has 1 fully saturated rings. The van der Waals surface area contributed by atoms with Gasteiger partial charge < -0.3 is 14.5 Å². The summed E-state index contributed by atoms with van der Waals surface area (Å²) in [6, 6.07) is 6.69. The molecule has 0 atom stereocenters. The van der Waals surface area contributed by atoms with Crippen molar-refractivity contribution in [1.29, 1.82) is 0 Å². The Hall–Kier alpha value is -2.92. The van der Waals surface area contributed by atoms with Crippen LogP contribution in [0.25, 0.3) is 10.9 Å². The fourth-order valence-corrected chi connectivity index (χ4v) is 5.73. The average molecular weight is 513 g/mol. The second kappa shape index (κ2) is 11.9. The van der Waals surface area contributed by atoms with Crippen molar-refractivity contribution in [2.24, 2.45) is 0 Å². The number of hydrogen-bond donors (Lipinski definition) is 1. The number of allylic oxidation sites excluding steroid dienone is 3. The zero-order chi connectivity index (χ0) is 25.5. The molecular weight excluding hydrogens is 480 g/mol. The largest absolute Gasteiger partial charge is 0.492 e. The Kier molecular flexibility index (Phi) is 8.63. The van der Waals surface area contributed by atoms with Crippen LogP contribution in [0, 0.1) is 0 Å². The van der Waals surface area contributed by atoms with Gasteiger partial charge in [-0.25, -0.2) is 13.1 Å². The second-order valence-electron chi connectivity index (χ2n) is 8.86. The number of carbonyl (C=O) groups excluding carboxylic acids is 2. The van der Waals surface area contributed by atoms with Crippen LogP contribution in [0.1, 0.15) is 19.8 Å². The number of nitrogens with zero attached hydrogens (tertiary/aromatic N) is 3. The van der Waals surface area contributed by atoms with Crippen molar-refractivity contribution in [1.82, 2.24) is 19.5 Å². The number of ether oxygens (including phenoxy) is 1. The predicted molar refractivity (Wildman–Crippen MR) is 137 cm³/mol. The number of ketones is 2. The van der Waals surface area contributed by atoms with Gasteiger partial charge in [0, 0.05) is 44.3 Å². The summed E-state index contributed by atoms with van der Waals surface area (Å²) in [6.45, 7) is 7.63. The van der Waals surface area contributed by atoms with Gasteiger partial charge in [-0.3, -0.25) is 14.6 Å². The number of sulfonamides is 1. The Balaban J connectivity index is 1.29. The number of fused-ring (bicyclic) bond motifs is 1. The maximum absolute atomic E-state index is 13.1. The summed E-state index contributed by atoms with van der Waals surface area (Å²) in [5, 5.41) is 0.537. The van der Waals surface area contributed by atoms with Gasteiger partial charge in [0.15, 0.2) is 0 Å². The van der Waals surface area contributed by atoms with E-state index in [1.54, 1.807) is 36.5 Å². The van der Waals surface area contributed by atoms with E-state index in [1.807, 2.05) is 6.92 Å². The first kappa shape index (κ1) is 26.2. The summed E-state index contributed by atoms with van der Waals surface area (Å²) >= 11 is 0. The van der Waals surface area contributed by atoms with Crippen LogP contribution in [0.3, 0.4) is 0 Å². The van der Waals surface area contributed by atoms with Crippen molar-refractivity contribution in [3.8, 4) is 5.75 Å². The minimum atomic E-state index is -3.72. The third-order valence-electron chi connectivity index (χ3n) is 6.41. The highest BCUT2D eigenvalue weighted by Crippen LogP contribution is 2.29. The highest BCUT2D eigenvalue weighted by molar-refractivity contribution is 7.89. The number of aromatic nitrogens is 1. The van der Waals surface area contributed by atoms with E-state index in [0.29, 0.717) is 36.3 Å². The monoisotopic (exact) mass is 512 g/mol. The van der Waals surface area contributed by atoms with Crippen LogP contribution in [0.5, 0.6) is 5.75 Å². The van der Waals surface area contributed by atoms with Crippen molar-refractivity contribution in [3.05, 3.63) is 54.3 Å². The number of hydrogen-bond acceptors (Lipinski definition) is 8. The van der Waals surface area contributed by atoms with E-state index in [2.05, 4.69) is 19.5 Å². The molecule has 192 valence electrons. The van der Waals surface area contributed by atoms with Gasteiger partial charge in [-0.1, -0.05) is 6.08 Å². The number of rotatable bonds is 10. The molecular formula is C26H32N4O5S. The lowest BCUT2D eigenvalue weighted by Crippen LogP contribution is -2.37. The van der Waals surface area contributed by atoms with Crippen LogP contribution in [0.2, 0.25) is 0 Å². The van der Waals surface area contributed by atoms with Gasteiger partial charge in [0.1, 0.15) is 11.3 Å². The molecule has 1 N–H and O–H groups in total. The lowest BCUT2D eigenvalue weighted by molar-refractivity contribution is -0.131. The topological polar surface area (TPSA) is 109 Å². The van der Waals surface area contributed by atoms with Gasteiger partial charge >= 0.3 is 0 Å². The van der Waals surface area contributed by atoms with Crippen LogP contribution >= 0.6 is 0 Å². The highest BCUT2D eigenvalue weighted by Gasteiger charge is 2.21. The molecule has 10 heteroatoms. The van der Waals surface area contributed by atoms with Gasteiger partial charge in [-0.2, -0.15) is 0 Å². The molecule has 9 nitrogen and oxygen atoms in total. The molecule has 1 aromatic carbocycles. The van der Waals surface area contributed by atoms with E-state index in [4.69, 9.17) is 4.74 Å². The number of carbonyl (C=O) groups is 2. The Labute approximate surface area is 211 Å². The molecule has 2 aromatic rings. The molecule has 36 heavy (non-hydrogen) atoms. The fraction of sp³-hybridized carbons (Fsp3) is 0.423. The molecule has 2 heterocycles. The Bertz CT molecular complexity index is 1290. The molecule has 1 aromatic heterocycles. The third-order valence-corrected chi connectivity index (χ3v) is 7.93. The maximum atomic E-state index is 13.1. The summed E-state index contributed by atoms with van der Waals surface area (Å²) in [6.07, 6.45) is 7.83. The lowest BCUT2D eigenvalue weighted by atomic mass is 10.0. The predicted octanol–water partition coefficient (Wildman–Crippen LogP) is 1.94. The molecule has 0 unspecified atom stereocenters. The van der Waals surface area contributed by atoms with Crippen LogP contribution in [0.15, 0.2) is 59.2 Å². The lowest BCUT2D eigenvalue weighted by Gasteiger charge is -2.22. The Morgan fingerprint density at radius 3 is 2.53 bits per heavy atom. The quantitative estimate of drug-likeness (QED) is 0.380. The van der Waals surface area contributed by atoms with E-state index < -0.39 is 21.6 Å². The molecule has 0 radical (unpaired) electrons. The summed E-state index contributed by atoms with van der Waals surface area (Å²) in [7, 11) is -3.72. The van der Waals surface area contributed by atoms with Gasteiger partial charge in [0.2, 0.25) is 21.6 Å². The summed E-state index contributed by atoms with van der Waals surface area (Å²) in [4.78, 5) is 32.0. The number of benzene rings is 1. The molecule has 0 spiro atoms. The highest BCUT2D eigenvalue weighted by atomic mass is 32.2. The van der Waals surface area contributed by atoms with E-state index in [-0.39, 0.29) is 4.90 Å². The van der Waals surface area contributed by atoms with Crippen LogP contribution in [0.4, 0.5) is 0 Å². The first-order valence-electron chi connectivity index (χ1n) is 12.3. The van der Waals surface area contributed by atoms with Crippen molar-refractivity contribution in [2.45, 2.75) is 24.7 Å². The van der Waals surface area contributed by atoms with Crippen LogP contribution in [-0.2, 0) is 19.6 Å². The summed E-state index contributed by atoms with van der Waals surface area (Å²) in [5.74, 6) is -0.351. The first-order chi connectivity index (χ1) is 17.4. The SMILES string of the molecule is CCOc1ccc(S(=O)(=O)NCCN2CCCN(CCC3=CC(=O)C(=O)C=C3)CC2)c2cccnc12. The molecule has 1 aliphatic carbocycles. The minimum absolute atomic E-state index is 0.197. The van der Waals surface area contributed by atoms with Crippen LogP contribution in [-0.4, -0.2) is 87.2 Å². The standard InChI is InChI=1S/C26H32N4O5S/c1-2-35-24-8-9-25(21-5-3-11-27-26(21)24)36(33,34)28-12-16-30-14-4-13-29(17-18-30)15-10-20-6-7-22(31)23(32)19-20/h3,5-9,11,19,28H,2,4,10,12-18H2,1H3. The summed E-state index contributed by atoms with van der Waals surface area (Å²) < 4.78 is 34.5. The molecule has 2 aliphatic rings. The van der Waals surface area contributed by atoms with Gasteiger partial charge in [-0.05, 0) is 74.8 Å². The van der Waals surface area contributed by atoms with E-state index in [0.717, 1.165) is 51.1 Å². The van der Waals surface area contributed by atoms with Crippen LogP contribution < -0.4 is 9.46 Å². The van der Waals surface area contributed by atoms with Crippen molar-refractivity contribution in [2.75, 3.05) is 52.4 Å². The fourth-order valence-electron chi connectivity index (χ4n) is 4.51. The van der Waals surface area contributed by atoms with Crippen molar-refractivity contribution in [3.63, 3.8) is 0 Å². The Morgan fingerprint density at radius 1 is 1.00 bits per heavy atom. The molecule has 4 rings (SSSR count). The van der Waals surface area contributed by atoms with E-state index >= 15 is 0 Å². The molecule has 1 saturated heterocycles. The van der Waals surface area contributed by atoms with Gasteiger partial charge in [-0.15, -0.1) is 0 Å². The molecule has 1 aliphatic heterocycles. The van der Waals surface area contributed by atoms with Crippen molar-refractivity contribution >= 4 is 32.5 Å².